The van der Waals surface area contributed by atoms with Gasteiger partial charge < -0.3 is 79.1 Å². The first-order valence-corrected chi connectivity index (χ1v) is 24.0. The largest absolute Gasteiger partial charge is 0.467 e. The maximum absolute atomic E-state index is 12.9. The van der Waals surface area contributed by atoms with E-state index in [1.807, 2.05) is 0 Å². The van der Waals surface area contributed by atoms with Crippen LogP contribution in [0.3, 0.4) is 0 Å². The third kappa shape index (κ3) is 7.90. The first-order valence-electron chi connectivity index (χ1n) is 24.0. The standard InChI is InChI=1S/C48H78O17/c1-22-29(51)31(53)35(57)41(61-22)62-26-20-60-40(34(56)30(26)52)64-37-33(55)32(54)36(39(58)59-9)63-42(37)65-38-25(50)19-45(6)27(44(38,4)5)12-13-47(8)28(45)11-10-23-24-18-43(2,3)14-16-48(24,21-49)17-15-46(23,47)7/h10,22,24-38,40-42,49-57H,11-21H2,1-9H3. The van der Waals surface area contributed by atoms with Gasteiger partial charge in [-0.2, -0.15) is 0 Å². The second kappa shape index (κ2) is 17.5. The summed E-state index contributed by atoms with van der Waals surface area (Å²) in [6.07, 6.45) is -13.5. The lowest BCUT2D eigenvalue weighted by Crippen LogP contribution is -2.69. The highest BCUT2D eigenvalue weighted by Gasteiger charge is 2.70. The molecule has 17 nitrogen and oxygen atoms in total. The summed E-state index contributed by atoms with van der Waals surface area (Å²) in [5, 5.41) is 99.4. The molecule has 7 fully saturated rings. The predicted molar refractivity (Wildman–Crippen MR) is 229 cm³/mol. The van der Waals surface area contributed by atoms with Crippen molar-refractivity contribution in [2.75, 3.05) is 20.3 Å². The summed E-state index contributed by atoms with van der Waals surface area (Å²) >= 11 is 0. The zero-order valence-electron chi connectivity index (χ0n) is 39.6. The molecule has 372 valence electrons. The van der Waals surface area contributed by atoms with E-state index < -0.39 is 116 Å². The number of aliphatic hydroxyl groups is 9. The second-order valence-electron chi connectivity index (χ2n) is 23.5. The Kier molecular flexibility index (Phi) is 13.4. The van der Waals surface area contributed by atoms with Crippen molar-refractivity contribution < 1.29 is 83.9 Å². The van der Waals surface area contributed by atoms with Crippen LogP contribution >= 0.6 is 0 Å². The molecule has 9 N–H and O–H groups in total. The number of allylic oxidation sites excluding steroid dienone is 2. The number of fused-ring (bicyclic) bond motifs is 7. The van der Waals surface area contributed by atoms with Crippen LogP contribution in [0.25, 0.3) is 0 Å². The molecular formula is C48H78O17. The first kappa shape index (κ1) is 50.0. The molecule has 0 amide bonds. The van der Waals surface area contributed by atoms with Gasteiger partial charge >= 0.3 is 5.97 Å². The normalized spacial score (nSPS) is 53.9. The average molecular weight is 927 g/mol. The number of methoxy groups -OCH3 is 1. The van der Waals surface area contributed by atoms with E-state index in [0.29, 0.717) is 12.3 Å². The Bertz CT molecular complexity index is 1780. The smallest absolute Gasteiger partial charge is 0.337 e. The van der Waals surface area contributed by atoms with Crippen molar-refractivity contribution in [1.29, 1.82) is 0 Å². The highest BCUT2D eigenvalue weighted by Crippen LogP contribution is 2.76. The molecule has 23 atom stereocenters. The molecule has 17 heteroatoms. The number of esters is 1. The Morgan fingerprint density at radius 2 is 1.40 bits per heavy atom. The highest BCUT2D eigenvalue weighted by atomic mass is 16.8. The minimum atomic E-state index is -1.88. The molecule has 65 heavy (non-hydrogen) atoms. The molecule has 8 aliphatic rings. The quantitative estimate of drug-likeness (QED) is 0.0948. The molecule has 0 bridgehead atoms. The van der Waals surface area contributed by atoms with Crippen LogP contribution in [0.15, 0.2) is 11.6 Å². The van der Waals surface area contributed by atoms with Crippen molar-refractivity contribution in [2.45, 2.75) is 211 Å². The molecule has 0 aromatic rings. The number of aliphatic hydroxyl groups excluding tert-OH is 9. The second-order valence-corrected chi connectivity index (χ2v) is 23.5. The van der Waals surface area contributed by atoms with Crippen molar-refractivity contribution in [3.63, 3.8) is 0 Å². The molecule has 23 unspecified atom stereocenters. The summed E-state index contributed by atoms with van der Waals surface area (Å²) in [6, 6.07) is 0. The van der Waals surface area contributed by atoms with Gasteiger partial charge in [-0.05, 0) is 110 Å². The minimum absolute atomic E-state index is 0.0539. The van der Waals surface area contributed by atoms with E-state index in [-0.39, 0.29) is 45.5 Å². The summed E-state index contributed by atoms with van der Waals surface area (Å²) in [6.45, 7) is 17.4. The number of hydrogen-bond acceptors (Lipinski definition) is 17. The molecule has 5 aliphatic carbocycles. The maximum atomic E-state index is 12.9. The van der Waals surface area contributed by atoms with Crippen molar-refractivity contribution in [1.82, 2.24) is 0 Å². The Hall–Kier alpha value is -1.39. The lowest BCUT2D eigenvalue weighted by Gasteiger charge is -2.72. The van der Waals surface area contributed by atoms with Gasteiger partial charge in [-0.1, -0.05) is 60.1 Å². The molecule has 3 heterocycles. The fourth-order valence-corrected chi connectivity index (χ4v) is 15.0. The molecule has 0 spiro atoms. The summed E-state index contributed by atoms with van der Waals surface area (Å²) in [4.78, 5) is 12.9. The highest BCUT2D eigenvalue weighted by molar-refractivity contribution is 5.75. The van der Waals surface area contributed by atoms with E-state index in [0.717, 1.165) is 58.5 Å². The van der Waals surface area contributed by atoms with Crippen molar-refractivity contribution >= 4 is 5.97 Å². The SMILES string of the molecule is COC(=O)C1OC(OC2C(O)CC3(C)C(CCC4(C)C3CC=C3C5CC(C)(C)CCC5(CO)CCC34C)C2(C)C)C(OC2OCC(OC3OC(C)C(O)C(O)C3O)C(O)C2O)C(O)C1O. The van der Waals surface area contributed by atoms with Gasteiger partial charge in [0.25, 0.3) is 0 Å². The van der Waals surface area contributed by atoms with Crippen LogP contribution in [0, 0.1) is 50.2 Å². The zero-order valence-corrected chi connectivity index (χ0v) is 39.6. The van der Waals surface area contributed by atoms with Gasteiger partial charge in [0.2, 0.25) is 0 Å². The average Bonchev–Trinajstić information content (AvgIpc) is 3.24. The Morgan fingerprint density at radius 3 is 2.08 bits per heavy atom. The number of ether oxygens (including phenoxy) is 7. The summed E-state index contributed by atoms with van der Waals surface area (Å²) in [7, 11) is 1.11. The molecule has 8 rings (SSSR count). The van der Waals surface area contributed by atoms with E-state index in [1.165, 1.54) is 12.5 Å². The van der Waals surface area contributed by atoms with E-state index in [1.54, 1.807) is 0 Å². The van der Waals surface area contributed by atoms with Crippen LogP contribution in [0.5, 0.6) is 0 Å². The summed E-state index contributed by atoms with van der Waals surface area (Å²) in [5.41, 5.74) is 0.451. The molecule has 3 saturated heterocycles. The number of hydrogen-bond donors (Lipinski definition) is 9. The van der Waals surface area contributed by atoms with Crippen molar-refractivity contribution in [3.05, 3.63) is 11.6 Å². The van der Waals surface area contributed by atoms with Gasteiger partial charge in [0.1, 0.15) is 54.9 Å². The molecule has 4 saturated carbocycles. The molecule has 0 radical (unpaired) electrons. The van der Waals surface area contributed by atoms with Gasteiger partial charge in [-0.15, -0.1) is 0 Å². The van der Waals surface area contributed by atoms with Gasteiger partial charge in [0, 0.05) is 12.0 Å². The number of rotatable bonds is 8. The molecule has 0 aromatic heterocycles. The lowest BCUT2D eigenvalue weighted by atomic mass is 9.33. The van der Waals surface area contributed by atoms with Crippen LogP contribution in [-0.4, -0.2) is 170 Å². The Morgan fingerprint density at radius 1 is 0.723 bits per heavy atom. The first-order chi connectivity index (χ1) is 30.3. The van der Waals surface area contributed by atoms with Gasteiger partial charge in [-0.25, -0.2) is 4.79 Å². The summed E-state index contributed by atoms with van der Waals surface area (Å²) < 4.78 is 40.8. The van der Waals surface area contributed by atoms with Crippen LogP contribution < -0.4 is 0 Å². The minimum Gasteiger partial charge on any atom is -0.467 e. The number of carbonyl (C=O) groups is 1. The molecule has 3 aliphatic heterocycles. The maximum Gasteiger partial charge on any atom is 0.337 e. The van der Waals surface area contributed by atoms with Crippen LogP contribution in [0.2, 0.25) is 0 Å². The van der Waals surface area contributed by atoms with Crippen molar-refractivity contribution in [3.8, 4) is 0 Å². The predicted octanol–water partition coefficient (Wildman–Crippen LogP) is 1.43. The van der Waals surface area contributed by atoms with E-state index >= 15 is 0 Å². The zero-order chi connectivity index (χ0) is 47.6. The van der Waals surface area contributed by atoms with E-state index in [9.17, 15) is 50.8 Å². The fraction of sp³-hybridized carbons (Fsp3) is 0.938. The lowest BCUT2D eigenvalue weighted by molar-refractivity contribution is -0.379. The van der Waals surface area contributed by atoms with Crippen LogP contribution in [-0.2, 0) is 38.0 Å². The Labute approximate surface area is 382 Å². The topological polar surface area (TPSA) is 264 Å². The third-order valence-corrected chi connectivity index (χ3v) is 19.1. The van der Waals surface area contributed by atoms with Crippen LogP contribution in [0.1, 0.15) is 113 Å². The molecular weight excluding hydrogens is 849 g/mol. The third-order valence-electron chi connectivity index (χ3n) is 19.1. The van der Waals surface area contributed by atoms with Crippen LogP contribution in [0.4, 0.5) is 0 Å². The monoisotopic (exact) mass is 927 g/mol. The van der Waals surface area contributed by atoms with Gasteiger partial charge in [0.05, 0.1) is 32.0 Å². The summed E-state index contributed by atoms with van der Waals surface area (Å²) in [5.74, 6) is -0.367. The van der Waals surface area contributed by atoms with E-state index in [2.05, 4.69) is 54.5 Å². The van der Waals surface area contributed by atoms with Crippen molar-refractivity contribution in [2.24, 2.45) is 50.2 Å². The fourth-order valence-electron chi connectivity index (χ4n) is 15.0. The Balaban J connectivity index is 1.02. The van der Waals surface area contributed by atoms with Gasteiger partial charge in [-0.3, -0.25) is 0 Å². The molecule has 0 aromatic carbocycles. The van der Waals surface area contributed by atoms with E-state index in [4.69, 9.17) is 33.2 Å². The number of carbonyl (C=O) groups excluding carboxylic acids is 1. The van der Waals surface area contributed by atoms with Gasteiger partial charge in [0.15, 0.2) is 25.0 Å².